The quantitative estimate of drug-likeness (QED) is 0.895. The van der Waals surface area contributed by atoms with Crippen LogP contribution in [0.1, 0.15) is 19.8 Å². The lowest BCUT2D eigenvalue weighted by Gasteiger charge is -2.30. The zero-order valence-corrected chi connectivity index (χ0v) is 13.1. The third-order valence-electron chi connectivity index (χ3n) is 3.54. The number of hydrogen-bond donors (Lipinski definition) is 1. The molecule has 1 aliphatic heterocycles. The summed E-state index contributed by atoms with van der Waals surface area (Å²) in [4.78, 5) is 14.1. The van der Waals surface area contributed by atoms with Crippen LogP contribution in [0.4, 0.5) is 14.5 Å². The Hall–Kier alpha value is -1.40. The van der Waals surface area contributed by atoms with Crippen molar-refractivity contribution in [3.8, 4) is 5.75 Å². The minimum atomic E-state index is -2.93. The molecule has 0 aromatic heterocycles. The van der Waals surface area contributed by atoms with E-state index in [2.05, 4.69) is 21.9 Å². The van der Waals surface area contributed by atoms with E-state index in [0.717, 1.165) is 19.5 Å². The zero-order chi connectivity index (χ0) is 16.1. The lowest BCUT2D eigenvalue weighted by atomic mass is 10.0. The molecule has 2 rings (SSSR count). The molecule has 1 aromatic carbocycles. The molecule has 1 atom stereocenters. The van der Waals surface area contributed by atoms with E-state index in [9.17, 15) is 13.6 Å². The average molecular weight is 333 g/mol. The molecule has 1 N–H and O–H groups in total. The molecule has 1 saturated heterocycles. The van der Waals surface area contributed by atoms with Gasteiger partial charge in [0.15, 0.2) is 0 Å². The molecule has 1 amide bonds. The molecule has 4 nitrogen and oxygen atoms in total. The van der Waals surface area contributed by atoms with Crippen molar-refractivity contribution in [2.75, 3.05) is 25.0 Å². The fourth-order valence-electron chi connectivity index (χ4n) is 2.60. The van der Waals surface area contributed by atoms with Crippen LogP contribution in [-0.4, -0.2) is 37.1 Å². The number of nitrogens with zero attached hydrogens (tertiary/aromatic N) is 1. The number of carbonyl (C=O) groups is 1. The van der Waals surface area contributed by atoms with Gasteiger partial charge >= 0.3 is 6.61 Å². The first kappa shape index (κ1) is 17.0. The Balaban J connectivity index is 1.89. The predicted octanol–water partition coefficient (Wildman–Crippen LogP) is 3.61. The highest BCUT2D eigenvalue weighted by Crippen LogP contribution is 2.29. The van der Waals surface area contributed by atoms with Gasteiger partial charge in [0.2, 0.25) is 5.91 Å². The molecule has 1 aromatic rings. The average Bonchev–Trinajstić information content (AvgIpc) is 2.41. The van der Waals surface area contributed by atoms with Crippen molar-refractivity contribution < 1.29 is 18.3 Å². The van der Waals surface area contributed by atoms with Crippen LogP contribution >= 0.6 is 11.6 Å². The SMILES string of the molecule is CC1CCCN(CC(=O)Nc2ccc(OC(F)F)c(Cl)c2)C1. The summed E-state index contributed by atoms with van der Waals surface area (Å²) in [6.07, 6.45) is 2.29. The predicted molar refractivity (Wildman–Crippen MR) is 81.6 cm³/mol. The summed E-state index contributed by atoms with van der Waals surface area (Å²) < 4.78 is 28.5. The molecule has 0 aliphatic carbocycles. The first-order chi connectivity index (χ1) is 10.4. The summed E-state index contributed by atoms with van der Waals surface area (Å²) >= 11 is 5.85. The molecular weight excluding hydrogens is 314 g/mol. The van der Waals surface area contributed by atoms with Crippen molar-refractivity contribution in [1.82, 2.24) is 4.90 Å². The number of ether oxygens (including phenoxy) is 1. The molecule has 22 heavy (non-hydrogen) atoms. The van der Waals surface area contributed by atoms with Crippen molar-refractivity contribution in [3.05, 3.63) is 23.2 Å². The van der Waals surface area contributed by atoms with Gasteiger partial charge in [-0.05, 0) is 43.5 Å². The second-order valence-corrected chi connectivity index (χ2v) is 5.96. The van der Waals surface area contributed by atoms with Gasteiger partial charge in [-0.15, -0.1) is 0 Å². The molecule has 1 fully saturated rings. The van der Waals surface area contributed by atoms with E-state index in [0.29, 0.717) is 18.2 Å². The van der Waals surface area contributed by atoms with Crippen LogP contribution in [0.25, 0.3) is 0 Å². The van der Waals surface area contributed by atoms with Crippen LogP contribution in [0.15, 0.2) is 18.2 Å². The highest BCUT2D eigenvalue weighted by molar-refractivity contribution is 6.32. The second kappa shape index (κ2) is 7.74. The zero-order valence-electron chi connectivity index (χ0n) is 12.3. The van der Waals surface area contributed by atoms with Crippen molar-refractivity contribution in [1.29, 1.82) is 0 Å². The number of benzene rings is 1. The van der Waals surface area contributed by atoms with Gasteiger partial charge in [-0.3, -0.25) is 9.69 Å². The van der Waals surface area contributed by atoms with Crippen molar-refractivity contribution in [3.63, 3.8) is 0 Å². The maximum Gasteiger partial charge on any atom is 0.387 e. The van der Waals surface area contributed by atoms with Gasteiger partial charge in [0.25, 0.3) is 0 Å². The second-order valence-electron chi connectivity index (χ2n) is 5.55. The van der Waals surface area contributed by atoms with Gasteiger partial charge in [-0.1, -0.05) is 18.5 Å². The third-order valence-corrected chi connectivity index (χ3v) is 3.84. The first-order valence-corrected chi connectivity index (χ1v) is 7.58. The fraction of sp³-hybridized carbons (Fsp3) is 0.533. The topological polar surface area (TPSA) is 41.6 Å². The van der Waals surface area contributed by atoms with E-state index in [4.69, 9.17) is 11.6 Å². The Morgan fingerprint density at radius 1 is 1.55 bits per heavy atom. The summed E-state index contributed by atoms with van der Waals surface area (Å²) in [5.74, 6) is 0.342. The summed E-state index contributed by atoms with van der Waals surface area (Å²) in [5, 5.41) is 2.75. The number of hydrogen-bond acceptors (Lipinski definition) is 3. The molecule has 0 radical (unpaired) electrons. The molecule has 122 valence electrons. The van der Waals surface area contributed by atoms with Crippen LogP contribution in [0.3, 0.4) is 0 Å². The maximum absolute atomic E-state index is 12.1. The van der Waals surface area contributed by atoms with Crippen LogP contribution in [-0.2, 0) is 4.79 Å². The van der Waals surface area contributed by atoms with Crippen molar-refractivity contribution in [2.45, 2.75) is 26.4 Å². The molecule has 1 aliphatic rings. The molecule has 1 heterocycles. The lowest BCUT2D eigenvalue weighted by Crippen LogP contribution is -2.39. The van der Waals surface area contributed by atoms with Gasteiger partial charge in [0.05, 0.1) is 11.6 Å². The third kappa shape index (κ3) is 5.10. The molecular formula is C15H19ClF2N2O2. The number of carbonyl (C=O) groups excluding carboxylic acids is 1. The highest BCUT2D eigenvalue weighted by atomic mass is 35.5. The number of amides is 1. The lowest BCUT2D eigenvalue weighted by molar-refractivity contribution is -0.117. The molecule has 7 heteroatoms. The number of piperidine rings is 1. The Kier molecular flexibility index (Phi) is 5.97. The standard InChI is InChI=1S/C15H19ClF2N2O2/c1-10-3-2-6-20(8-10)9-14(21)19-11-4-5-13(12(16)7-11)22-15(17)18/h4-5,7,10,15H,2-3,6,8-9H2,1H3,(H,19,21). The molecule has 0 saturated carbocycles. The van der Waals surface area contributed by atoms with Gasteiger partial charge < -0.3 is 10.1 Å². The Bertz CT molecular complexity index is 528. The van der Waals surface area contributed by atoms with Crippen LogP contribution in [0.5, 0.6) is 5.75 Å². The van der Waals surface area contributed by atoms with Gasteiger partial charge in [-0.2, -0.15) is 8.78 Å². The van der Waals surface area contributed by atoms with Crippen LogP contribution in [0, 0.1) is 5.92 Å². The Morgan fingerprint density at radius 3 is 2.95 bits per heavy atom. The number of likely N-dealkylation sites (tertiary alicyclic amines) is 1. The largest absolute Gasteiger partial charge is 0.433 e. The number of anilines is 1. The highest BCUT2D eigenvalue weighted by Gasteiger charge is 2.18. The van der Waals surface area contributed by atoms with E-state index < -0.39 is 6.61 Å². The Morgan fingerprint density at radius 2 is 2.32 bits per heavy atom. The molecule has 0 spiro atoms. The van der Waals surface area contributed by atoms with Crippen LogP contribution < -0.4 is 10.1 Å². The first-order valence-electron chi connectivity index (χ1n) is 7.20. The van der Waals surface area contributed by atoms with E-state index in [-0.39, 0.29) is 16.7 Å². The number of nitrogens with one attached hydrogen (secondary N) is 1. The maximum atomic E-state index is 12.1. The van der Waals surface area contributed by atoms with Crippen molar-refractivity contribution >= 4 is 23.2 Å². The molecule has 1 unspecified atom stereocenters. The monoisotopic (exact) mass is 332 g/mol. The smallest absolute Gasteiger partial charge is 0.387 e. The van der Waals surface area contributed by atoms with E-state index in [1.54, 1.807) is 0 Å². The fourth-order valence-corrected chi connectivity index (χ4v) is 2.83. The van der Waals surface area contributed by atoms with E-state index in [1.165, 1.54) is 24.6 Å². The normalized spacial score (nSPS) is 19.2. The van der Waals surface area contributed by atoms with Crippen LogP contribution in [0.2, 0.25) is 5.02 Å². The van der Waals surface area contributed by atoms with Gasteiger partial charge in [0.1, 0.15) is 5.75 Å². The van der Waals surface area contributed by atoms with Gasteiger partial charge in [0, 0.05) is 12.2 Å². The number of halogens is 3. The van der Waals surface area contributed by atoms with Crippen molar-refractivity contribution in [2.24, 2.45) is 5.92 Å². The number of rotatable bonds is 5. The van der Waals surface area contributed by atoms with E-state index >= 15 is 0 Å². The summed E-state index contributed by atoms with van der Waals surface area (Å²) in [7, 11) is 0. The number of alkyl halides is 2. The minimum Gasteiger partial charge on any atom is -0.433 e. The van der Waals surface area contributed by atoms with Gasteiger partial charge in [-0.25, -0.2) is 0 Å². The van der Waals surface area contributed by atoms with E-state index in [1.807, 2.05) is 0 Å². The summed E-state index contributed by atoms with van der Waals surface area (Å²) in [6.45, 7) is 1.39. The summed E-state index contributed by atoms with van der Waals surface area (Å²) in [6, 6.07) is 4.20. The summed E-state index contributed by atoms with van der Waals surface area (Å²) in [5.41, 5.74) is 0.460. The molecule has 0 bridgehead atoms. The minimum absolute atomic E-state index is 0.0321. The Labute approximate surface area is 133 Å².